The second kappa shape index (κ2) is 9.17. The lowest BCUT2D eigenvalue weighted by molar-refractivity contribution is -0.139. The fourth-order valence-corrected chi connectivity index (χ4v) is 3.11. The van der Waals surface area contributed by atoms with Gasteiger partial charge in [-0.1, -0.05) is 12.1 Å². The summed E-state index contributed by atoms with van der Waals surface area (Å²) in [5.74, 6) is -0.555. The minimum absolute atomic E-state index is 0.155. The summed E-state index contributed by atoms with van der Waals surface area (Å²) >= 11 is 0. The van der Waals surface area contributed by atoms with E-state index in [1.54, 1.807) is 68.2 Å². The molecule has 30 heavy (non-hydrogen) atoms. The lowest BCUT2D eigenvalue weighted by Crippen LogP contribution is -2.47. The molecule has 0 aliphatic carbocycles. The molecule has 0 bridgehead atoms. The summed E-state index contributed by atoms with van der Waals surface area (Å²) in [6, 6.07) is 8.96. The van der Waals surface area contributed by atoms with Gasteiger partial charge in [0, 0.05) is 13.2 Å². The molecule has 2 N–H and O–H groups in total. The number of hydrogen-bond donors (Lipinski definition) is 2. The monoisotopic (exact) mass is 413 g/mol. The van der Waals surface area contributed by atoms with Crippen LogP contribution in [-0.2, 0) is 21.3 Å². The third-order valence-corrected chi connectivity index (χ3v) is 4.60. The highest BCUT2D eigenvalue weighted by molar-refractivity contribution is 5.95. The Morgan fingerprint density at radius 2 is 1.83 bits per heavy atom. The Balaban J connectivity index is 1.93. The van der Waals surface area contributed by atoms with Crippen LogP contribution in [0.15, 0.2) is 53.9 Å². The van der Waals surface area contributed by atoms with Crippen molar-refractivity contribution in [2.75, 3.05) is 20.3 Å². The Morgan fingerprint density at radius 1 is 1.10 bits per heavy atom. The molecule has 0 radical (unpaired) electrons. The third-order valence-electron chi connectivity index (χ3n) is 4.60. The van der Waals surface area contributed by atoms with E-state index in [0.29, 0.717) is 17.0 Å². The molecule has 0 spiro atoms. The van der Waals surface area contributed by atoms with Crippen molar-refractivity contribution >= 4 is 18.0 Å². The van der Waals surface area contributed by atoms with Crippen molar-refractivity contribution in [2.45, 2.75) is 13.0 Å². The first-order valence-electron chi connectivity index (χ1n) is 9.34. The van der Waals surface area contributed by atoms with E-state index in [4.69, 9.17) is 14.2 Å². The molecule has 1 aromatic heterocycles. The summed E-state index contributed by atoms with van der Waals surface area (Å²) in [5.41, 5.74) is 1.34. The Hall–Kier alpha value is -3.75. The smallest absolute Gasteiger partial charge is 0.355 e. The quantitative estimate of drug-likeness (QED) is 0.673. The maximum atomic E-state index is 12.7. The van der Waals surface area contributed by atoms with Gasteiger partial charge in [0.05, 0.1) is 31.0 Å². The van der Waals surface area contributed by atoms with Crippen molar-refractivity contribution in [3.8, 4) is 5.75 Å². The number of methoxy groups -OCH3 is 1. The van der Waals surface area contributed by atoms with E-state index in [1.165, 1.54) is 0 Å². The number of aromatic nitrogens is 1. The van der Waals surface area contributed by atoms with E-state index >= 15 is 0 Å². The molecule has 158 valence electrons. The molecule has 0 fully saturated rings. The van der Waals surface area contributed by atoms with Crippen LogP contribution in [0.2, 0.25) is 0 Å². The molecule has 2 amide bonds. The number of nitrogens with zero attached hydrogens (tertiary/aromatic N) is 1. The summed E-state index contributed by atoms with van der Waals surface area (Å²) in [6.45, 7) is 1.55. The predicted octanol–water partition coefficient (Wildman–Crippen LogP) is 2.06. The average Bonchev–Trinajstić information content (AvgIpc) is 3.17. The van der Waals surface area contributed by atoms with Gasteiger partial charge in [-0.25, -0.2) is 14.4 Å². The standard InChI is InChI=1S/C21H23N3O6/c1-4-29-20(26)17-15(12-30-19(25)16-6-5-11-24(16)2)22-21(27)23-18(17)13-7-9-14(28-3)10-8-13/h5-11,18H,4,12H2,1-3H3,(H2,22,23,27). The van der Waals surface area contributed by atoms with E-state index in [1.807, 2.05) is 0 Å². The maximum Gasteiger partial charge on any atom is 0.355 e. The second-order valence-corrected chi connectivity index (χ2v) is 6.50. The van der Waals surface area contributed by atoms with E-state index in [-0.39, 0.29) is 24.5 Å². The second-order valence-electron chi connectivity index (χ2n) is 6.50. The molecular formula is C21H23N3O6. The molecule has 9 heteroatoms. The van der Waals surface area contributed by atoms with Gasteiger partial charge in [0.15, 0.2) is 0 Å². The van der Waals surface area contributed by atoms with Crippen LogP contribution in [0.3, 0.4) is 0 Å². The van der Waals surface area contributed by atoms with Crippen LogP contribution < -0.4 is 15.4 Å². The lowest BCUT2D eigenvalue weighted by Gasteiger charge is -2.29. The number of esters is 2. The number of carbonyl (C=O) groups excluding carboxylic acids is 3. The van der Waals surface area contributed by atoms with E-state index in [9.17, 15) is 14.4 Å². The summed E-state index contributed by atoms with van der Waals surface area (Å²) < 4.78 is 17.3. The van der Waals surface area contributed by atoms with Crippen LogP contribution in [0, 0.1) is 0 Å². The largest absolute Gasteiger partial charge is 0.497 e. The van der Waals surface area contributed by atoms with E-state index < -0.39 is 24.0 Å². The Kier molecular flexibility index (Phi) is 6.41. The Morgan fingerprint density at radius 3 is 2.43 bits per heavy atom. The zero-order chi connectivity index (χ0) is 21.7. The molecule has 1 aliphatic rings. The van der Waals surface area contributed by atoms with E-state index in [2.05, 4.69) is 10.6 Å². The topological polar surface area (TPSA) is 108 Å². The number of hydrogen-bond acceptors (Lipinski definition) is 6. The normalized spacial score (nSPS) is 15.8. The Labute approximate surface area is 173 Å². The molecule has 0 saturated heterocycles. The van der Waals surface area contributed by atoms with Gasteiger partial charge in [-0.2, -0.15) is 0 Å². The zero-order valence-electron chi connectivity index (χ0n) is 16.9. The number of ether oxygens (including phenoxy) is 3. The molecule has 2 heterocycles. The molecular weight excluding hydrogens is 390 g/mol. The average molecular weight is 413 g/mol. The maximum absolute atomic E-state index is 12.7. The van der Waals surface area contributed by atoms with Crippen molar-refractivity contribution in [2.24, 2.45) is 7.05 Å². The first kappa shape index (κ1) is 21.0. The van der Waals surface area contributed by atoms with Gasteiger partial charge in [-0.3, -0.25) is 0 Å². The number of nitrogens with one attached hydrogen (secondary N) is 2. The molecule has 1 unspecified atom stereocenters. The molecule has 3 rings (SSSR count). The van der Waals surface area contributed by atoms with Crippen molar-refractivity contribution in [3.05, 3.63) is 65.1 Å². The third kappa shape index (κ3) is 4.45. The number of carbonyl (C=O) groups is 3. The first-order valence-corrected chi connectivity index (χ1v) is 9.34. The molecule has 1 aromatic carbocycles. The van der Waals surface area contributed by atoms with Crippen LogP contribution in [0.4, 0.5) is 4.79 Å². The van der Waals surface area contributed by atoms with Crippen LogP contribution >= 0.6 is 0 Å². The number of amides is 2. The van der Waals surface area contributed by atoms with Crippen LogP contribution in [0.1, 0.15) is 29.0 Å². The number of urea groups is 1. The molecule has 1 atom stereocenters. The van der Waals surface area contributed by atoms with Gasteiger partial charge in [0.25, 0.3) is 0 Å². The van der Waals surface area contributed by atoms with Gasteiger partial charge >= 0.3 is 18.0 Å². The fraction of sp³-hybridized carbons (Fsp3) is 0.286. The highest BCUT2D eigenvalue weighted by atomic mass is 16.5. The lowest BCUT2D eigenvalue weighted by atomic mass is 9.95. The molecule has 0 saturated carbocycles. The summed E-state index contributed by atoms with van der Waals surface area (Å²) in [4.78, 5) is 37.3. The highest BCUT2D eigenvalue weighted by Gasteiger charge is 2.34. The van der Waals surface area contributed by atoms with Crippen LogP contribution in [0.5, 0.6) is 5.75 Å². The Bertz CT molecular complexity index is 977. The molecule has 2 aromatic rings. The summed E-state index contributed by atoms with van der Waals surface area (Å²) in [6.07, 6.45) is 1.71. The van der Waals surface area contributed by atoms with E-state index in [0.717, 1.165) is 0 Å². The molecule has 9 nitrogen and oxygen atoms in total. The van der Waals surface area contributed by atoms with Crippen molar-refractivity contribution in [1.29, 1.82) is 0 Å². The van der Waals surface area contributed by atoms with Crippen molar-refractivity contribution < 1.29 is 28.6 Å². The molecule has 1 aliphatic heterocycles. The van der Waals surface area contributed by atoms with Crippen molar-refractivity contribution in [1.82, 2.24) is 15.2 Å². The van der Waals surface area contributed by atoms with Gasteiger partial charge in [0.2, 0.25) is 0 Å². The minimum atomic E-state index is -0.771. The first-order chi connectivity index (χ1) is 14.4. The summed E-state index contributed by atoms with van der Waals surface area (Å²) in [5, 5.41) is 5.28. The SMILES string of the molecule is CCOC(=O)C1=C(COC(=O)c2cccn2C)NC(=O)NC1c1ccc(OC)cc1. The fourth-order valence-electron chi connectivity index (χ4n) is 3.11. The summed E-state index contributed by atoms with van der Waals surface area (Å²) in [7, 11) is 3.26. The van der Waals surface area contributed by atoms with Gasteiger partial charge in [0.1, 0.15) is 18.1 Å². The number of benzene rings is 1. The number of rotatable bonds is 7. The van der Waals surface area contributed by atoms with Gasteiger partial charge < -0.3 is 29.4 Å². The highest BCUT2D eigenvalue weighted by Crippen LogP contribution is 2.29. The number of aryl methyl sites for hydroxylation is 1. The van der Waals surface area contributed by atoms with Gasteiger partial charge in [-0.05, 0) is 36.8 Å². The predicted molar refractivity (Wildman–Crippen MR) is 107 cm³/mol. The zero-order valence-corrected chi connectivity index (χ0v) is 16.9. The van der Waals surface area contributed by atoms with Crippen LogP contribution in [-0.4, -0.2) is 42.9 Å². The van der Waals surface area contributed by atoms with Crippen molar-refractivity contribution in [3.63, 3.8) is 0 Å². The van der Waals surface area contributed by atoms with Crippen LogP contribution in [0.25, 0.3) is 0 Å². The minimum Gasteiger partial charge on any atom is -0.497 e. The van der Waals surface area contributed by atoms with Gasteiger partial charge in [-0.15, -0.1) is 0 Å².